The smallest absolute Gasteiger partial charge is 0.167 e. The summed E-state index contributed by atoms with van der Waals surface area (Å²) in [6, 6.07) is 13.6. The van der Waals surface area contributed by atoms with Crippen LogP contribution in [0.3, 0.4) is 0 Å². The highest BCUT2D eigenvalue weighted by molar-refractivity contribution is 5.59. The van der Waals surface area contributed by atoms with Crippen LogP contribution in [0.2, 0.25) is 0 Å². The normalized spacial score (nSPS) is 14.9. The molecule has 4 heterocycles. The zero-order valence-electron chi connectivity index (χ0n) is 18.8. The lowest BCUT2D eigenvalue weighted by molar-refractivity contribution is -0.00354. The standard InChI is InChI=1S/C26H25N5O3/c1-18(32)26-27-10-11-31(26)15-23-12-25(34-29-23)21-7-4-19(5-8-21)2-3-20-6-9-22(28-13-20)14-30-16-24(33)17-30/h4-13,18,24,32-33H,14-17H2,1H3/t18-/m0/s1. The Labute approximate surface area is 197 Å². The van der Waals surface area contributed by atoms with Gasteiger partial charge in [-0.2, -0.15) is 0 Å². The van der Waals surface area contributed by atoms with Gasteiger partial charge in [-0.25, -0.2) is 4.98 Å². The van der Waals surface area contributed by atoms with Crippen molar-refractivity contribution in [1.29, 1.82) is 0 Å². The van der Waals surface area contributed by atoms with Crippen LogP contribution < -0.4 is 0 Å². The summed E-state index contributed by atoms with van der Waals surface area (Å²) in [6.07, 6.45) is 4.40. The van der Waals surface area contributed by atoms with E-state index < -0.39 is 6.10 Å². The van der Waals surface area contributed by atoms with Crippen molar-refractivity contribution in [1.82, 2.24) is 24.6 Å². The number of pyridine rings is 1. The highest BCUT2D eigenvalue weighted by Crippen LogP contribution is 2.22. The molecule has 34 heavy (non-hydrogen) atoms. The van der Waals surface area contributed by atoms with Gasteiger partial charge in [0.2, 0.25) is 0 Å². The van der Waals surface area contributed by atoms with Crippen LogP contribution in [0, 0.1) is 11.8 Å². The highest BCUT2D eigenvalue weighted by Gasteiger charge is 2.24. The van der Waals surface area contributed by atoms with Crippen LogP contribution in [-0.4, -0.2) is 54.0 Å². The first kappa shape index (κ1) is 22.0. The zero-order valence-corrected chi connectivity index (χ0v) is 18.8. The average molecular weight is 456 g/mol. The van der Waals surface area contributed by atoms with Gasteiger partial charge in [0.15, 0.2) is 5.76 Å². The number of β-amino-alcohol motifs (C(OH)–C–C–N with tert-alkyl or cyclic N) is 1. The number of benzene rings is 1. The number of rotatable bonds is 6. The Morgan fingerprint density at radius 1 is 1.03 bits per heavy atom. The lowest BCUT2D eigenvalue weighted by Gasteiger charge is -2.35. The largest absolute Gasteiger partial charge is 0.390 e. The molecule has 1 aromatic carbocycles. The molecule has 8 nitrogen and oxygen atoms in total. The third-order valence-corrected chi connectivity index (χ3v) is 5.68. The van der Waals surface area contributed by atoms with Crippen molar-refractivity contribution in [2.75, 3.05) is 13.1 Å². The first-order valence-electron chi connectivity index (χ1n) is 11.2. The van der Waals surface area contributed by atoms with Crippen LogP contribution in [0.15, 0.2) is 65.6 Å². The van der Waals surface area contributed by atoms with Crippen LogP contribution in [-0.2, 0) is 13.1 Å². The van der Waals surface area contributed by atoms with Crippen LogP contribution in [0.25, 0.3) is 11.3 Å². The lowest BCUT2D eigenvalue weighted by Crippen LogP contribution is -2.49. The van der Waals surface area contributed by atoms with Crippen LogP contribution in [0.5, 0.6) is 0 Å². The van der Waals surface area contributed by atoms with Gasteiger partial charge < -0.3 is 19.3 Å². The Morgan fingerprint density at radius 3 is 2.50 bits per heavy atom. The fraction of sp³-hybridized carbons (Fsp3) is 0.269. The second-order valence-corrected chi connectivity index (χ2v) is 8.49. The van der Waals surface area contributed by atoms with Gasteiger partial charge in [-0.3, -0.25) is 9.88 Å². The van der Waals surface area contributed by atoms with Gasteiger partial charge in [-0.05, 0) is 43.3 Å². The summed E-state index contributed by atoms with van der Waals surface area (Å²) in [5.74, 6) is 7.57. The maximum Gasteiger partial charge on any atom is 0.167 e. The lowest BCUT2D eigenvalue weighted by atomic mass is 10.1. The van der Waals surface area contributed by atoms with Crippen molar-refractivity contribution >= 4 is 0 Å². The molecule has 172 valence electrons. The van der Waals surface area contributed by atoms with E-state index in [1.165, 1.54) is 0 Å². The molecule has 0 spiro atoms. The third-order valence-electron chi connectivity index (χ3n) is 5.68. The van der Waals surface area contributed by atoms with E-state index in [0.29, 0.717) is 31.2 Å². The molecule has 0 amide bonds. The quantitative estimate of drug-likeness (QED) is 0.431. The maximum absolute atomic E-state index is 9.81. The SMILES string of the molecule is C[C@H](O)c1nccn1Cc1cc(-c2ccc(C#Cc3ccc(CN4CC(O)C4)nc3)cc2)on1. The third kappa shape index (κ3) is 5.07. The molecule has 1 aliphatic rings. The number of aromatic nitrogens is 4. The molecule has 1 saturated heterocycles. The predicted octanol–water partition coefficient (Wildman–Crippen LogP) is 2.61. The van der Waals surface area contributed by atoms with Gasteiger partial charge in [0.1, 0.15) is 17.6 Å². The topological polar surface area (TPSA) is 100 Å². The van der Waals surface area contributed by atoms with E-state index >= 15 is 0 Å². The molecule has 1 aliphatic heterocycles. The zero-order chi connectivity index (χ0) is 23.5. The molecule has 5 rings (SSSR count). The van der Waals surface area contributed by atoms with Gasteiger partial charge >= 0.3 is 0 Å². The Morgan fingerprint density at radius 2 is 1.79 bits per heavy atom. The molecule has 0 aliphatic carbocycles. The van der Waals surface area contributed by atoms with E-state index in [1.807, 2.05) is 53.2 Å². The summed E-state index contributed by atoms with van der Waals surface area (Å²) in [5, 5.41) is 23.3. The van der Waals surface area contributed by atoms with Gasteiger partial charge in [0.25, 0.3) is 0 Å². The number of aliphatic hydroxyl groups is 2. The fourth-order valence-corrected chi connectivity index (χ4v) is 3.87. The first-order chi connectivity index (χ1) is 16.5. The molecule has 1 atom stereocenters. The van der Waals surface area contributed by atoms with Crippen LogP contribution in [0.4, 0.5) is 0 Å². The van der Waals surface area contributed by atoms with Gasteiger partial charge in [0, 0.05) is 61.0 Å². The average Bonchev–Trinajstić information content (AvgIpc) is 3.48. The molecule has 0 unspecified atom stereocenters. The molecular weight excluding hydrogens is 430 g/mol. The van der Waals surface area contributed by atoms with Crippen molar-refractivity contribution < 1.29 is 14.7 Å². The van der Waals surface area contributed by atoms with Crippen molar-refractivity contribution in [3.63, 3.8) is 0 Å². The van der Waals surface area contributed by atoms with E-state index in [0.717, 1.165) is 34.6 Å². The Kier molecular flexibility index (Phi) is 6.23. The number of imidazole rings is 1. The highest BCUT2D eigenvalue weighted by atomic mass is 16.5. The second kappa shape index (κ2) is 9.61. The fourth-order valence-electron chi connectivity index (χ4n) is 3.87. The summed E-state index contributed by atoms with van der Waals surface area (Å²) in [6.45, 7) is 4.33. The number of likely N-dealkylation sites (tertiary alicyclic amines) is 1. The van der Waals surface area contributed by atoms with Gasteiger partial charge in [-0.1, -0.05) is 17.0 Å². The minimum absolute atomic E-state index is 0.200. The minimum atomic E-state index is -0.649. The first-order valence-corrected chi connectivity index (χ1v) is 11.2. The second-order valence-electron chi connectivity index (χ2n) is 8.49. The van der Waals surface area contributed by atoms with E-state index in [1.54, 1.807) is 19.3 Å². The van der Waals surface area contributed by atoms with Gasteiger partial charge in [0.05, 0.1) is 18.3 Å². The van der Waals surface area contributed by atoms with Crippen molar-refractivity contribution in [2.45, 2.75) is 32.2 Å². The monoisotopic (exact) mass is 455 g/mol. The molecule has 4 aromatic rings. The number of hydrogen-bond donors (Lipinski definition) is 2. The Balaban J connectivity index is 1.21. The van der Waals surface area contributed by atoms with Crippen molar-refractivity contribution in [3.8, 4) is 23.2 Å². The molecule has 1 fully saturated rings. The maximum atomic E-state index is 9.81. The Hall–Kier alpha value is -3.77. The van der Waals surface area contributed by atoms with E-state index in [-0.39, 0.29) is 6.10 Å². The molecule has 2 N–H and O–H groups in total. The number of aliphatic hydroxyl groups excluding tert-OH is 2. The summed E-state index contributed by atoms with van der Waals surface area (Å²) in [5.41, 5.74) is 4.38. The molecule has 0 radical (unpaired) electrons. The number of hydrogen-bond acceptors (Lipinski definition) is 7. The minimum Gasteiger partial charge on any atom is -0.390 e. The molecular formula is C26H25N5O3. The van der Waals surface area contributed by atoms with Gasteiger partial charge in [-0.15, -0.1) is 0 Å². The van der Waals surface area contributed by atoms with E-state index in [9.17, 15) is 10.2 Å². The predicted molar refractivity (Wildman–Crippen MR) is 125 cm³/mol. The molecule has 8 heteroatoms. The molecule has 0 saturated carbocycles. The summed E-state index contributed by atoms with van der Waals surface area (Å²) in [4.78, 5) is 10.8. The van der Waals surface area contributed by atoms with E-state index in [4.69, 9.17) is 4.52 Å². The number of nitrogens with zero attached hydrogens (tertiary/aromatic N) is 5. The van der Waals surface area contributed by atoms with Crippen molar-refractivity contribution in [3.05, 3.63) is 89.4 Å². The Bertz CT molecular complexity index is 1310. The summed E-state index contributed by atoms with van der Waals surface area (Å²) in [7, 11) is 0. The summed E-state index contributed by atoms with van der Waals surface area (Å²) >= 11 is 0. The van der Waals surface area contributed by atoms with Crippen LogP contribution >= 0.6 is 0 Å². The summed E-state index contributed by atoms with van der Waals surface area (Å²) < 4.78 is 7.37. The molecule has 0 bridgehead atoms. The van der Waals surface area contributed by atoms with E-state index in [2.05, 4.69) is 31.9 Å². The molecule has 3 aromatic heterocycles. The van der Waals surface area contributed by atoms with Crippen molar-refractivity contribution in [2.24, 2.45) is 0 Å². The van der Waals surface area contributed by atoms with Crippen LogP contribution in [0.1, 0.15) is 41.4 Å².